The number of hydrogen-bond donors (Lipinski definition) is 1. The summed E-state index contributed by atoms with van der Waals surface area (Å²) in [5.74, 6) is -0.932. The summed E-state index contributed by atoms with van der Waals surface area (Å²) in [5.41, 5.74) is 1.43. The van der Waals surface area contributed by atoms with Crippen LogP contribution in [0.2, 0.25) is 0 Å². The predicted octanol–water partition coefficient (Wildman–Crippen LogP) is 2.69. The van der Waals surface area contributed by atoms with Crippen molar-refractivity contribution in [3.05, 3.63) is 64.0 Å². The van der Waals surface area contributed by atoms with Gasteiger partial charge in [-0.2, -0.15) is 11.3 Å². The van der Waals surface area contributed by atoms with E-state index in [0.29, 0.717) is 5.56 Å². The van der Waals surface area contributed by atoms with Gasteiger partial charge >= 0.3 is 5.97 Å². The highest BCUT2D eigenvalue weighted by Crippen LogP contribution is 2.11. The highest BCUT2D eigenvalue weighted by Gasteiger charge is 2.14. The molecule has 2 rings (SSSR count). The van der Waals surface area contributed by atoms with Crippen LogP contribution in [0.3, 0.4) is 0 Å². The smallest absolute Gasteiger partial charge is 0.354 e. The van der Waals surface area contributed by atoms with E-state index in [-0.39, 0.29) is 11.6 Å². The molecule has 0 fully saturated rings. The number of benzene rings is 1. The molecule has 0 aliphatic rings. The van der Waals surface area contributed by atoms with Crippen molar-refractivity contribution in [2.24, 2.45) is 0 Å². The summed E-state index contributed by atoms with van der Waals surface area (Å²) in [6.45, 7) is 0. The Bertz CT molecular complexity index is 618. The van der Waals surface area contributed by atoms with E-state index in [1.807, 2.05) is 22.9 Å². The number of ether oxygens (including phenoxy) is 1. The van der Waals surface area contributed by atoms with E-state index >= 15 is 0 Å². The van der Waals surface area contributed by atoms with Crippen molar-refractivity contribution in [2.75, 3.05) is 7.11 Å². The first-order valence-corrected chi connectivity index (χ1v) is 6.83. The lowest BCUT2D eigenvalue weighted by Crippen LogP contribution is -2.27. The lowest BCUT2D eigenvalue weighted by Gasteiger charge is -2.07. The van der Waals surface area contributed by atoms with Crippen LogP contribution in [0.5, 0.6) is 0 Å². The first-order valence-electron chi connectivity index (χ1n) is 5.89. The molecule has 0 saturated heterocycles. The second kappa shape index (κ2) is 6.68. The fourth-order valence-electron chi connectivity index (χ4n) is 1.56. The maximum atomic E-state index is 12.0. The van der Waals surface area contributed by atoms with Crippen LogP contribution in [0, 0.1) is 0 Å². The van der Waals surface area contributed by atoms with Gasteiger partial charge < -0.3 is 10.1 Å². The molecule has 4 nitrogen and oxygen atoms in total. The van der Waals surface area contributed by atoms with E-state index in [1.165, 1.54) is 18.4 Å². The van der Waals surface area contributed by atoms with Gasteiger partial charge in [0.25, 0.3) is 5.91 Å². The molecule has 20 heavy (non-hydrogen) atoms. The minimum Gasteiger partial charge on any atom is -0.464 e. The molecule has 0 aliphatic carbocycles. The van der Waals surface area contributed by atoms with E-state index in [9.17, 15) is 9.59 Å². The molecule has 1 aromatic carbocycles. The van der Waals surface area contributed by atoms with Crippen molar-refractivity contribution in [3.8, 4) is 0 Å². The summed E-state index contributed by atoms with van der Waals surface area (Å²) in [7, 11) is 1.28. The molecule has 0 saturated carbocycles. The summed E-state index contributed by atoms with van der Waals surface area (Å²) >= 11 is 1.51. The summed E-state index contributed by atoms with van der Waals surface area (Å²) in [5, 5.41) is 6.34. The molecule has 0 atom stereocenters. The van der Waals surface area contributed by atoms with Gasteiger partial charge in [0.1, 0.15) is 5.70 Å². The quantitative estimate of drug-likeness (QED) is 0.695. The third-order valence-corrected chi connectivity index (χ3v) is 3.25. The van der Waals surface area contributed by atoms with Crippen molar-refractivity contribution >= 4 is 29.3 Å². The fourth-order valence-corrected chi connectivity index (χ4v) is 2.18. The molecule has 1 aromatic heterocycles. The van der Waals surface area contributed by atoms with Gasteiger partial charge in [-0.15, -0.1) is 0 Å². The molecule has 0 spiro atoms. The van der Waals surface area contributed by atoms with Gasteiger partial charge in [0.2, 0.25) is 0 Å². The van der Waals surface area contributed by atoms with Crippen LogP contribution < -0.4 is 5.32 Å². The van der Waals surface area contributed by atoms with E-state index in [4.69, 9.17) is 0 Å². The van der Waals surface area contributed by atoms with Crippen molar-refractivity contribution in [3.63, 3.8) is 0 Å². The van der Waals surface area contributed by atoms with Gasteiger partial charge in [0, 0.05) is 5.56 Å². The van der Waals surface area contributed by atoms with Gasteiger partial charge in [-0.25, -0.2) is 4.79 Å². The highest BCUT2D eigenvalue weighted by atomic mass is 32.1. The number of nitrogens with one attached hydrogen (secondary N) is 1. The molecular weight excluding hydrogens is 274 g/mol. The molecular formula is C15H13NO3S. The van der Waals surface area contributed by atoms with E-state index < -0.39 is 5.97 Å². The lowest BCUT2D eigenvalue weighted by molar-refractivity contribution is -0.136. The summed E-state index contributed by atoms with van der Waals surface area (Å²) in [6.07, 6.45) is 1.59. The van der Waals surface area contributed by atoms with Gasteiger partial charge in [-0.3, -0.25) is 4.79 Å². The van der Waals surface area contributed by atoms with Gasteiger partial charge in [0.05, 0.1) is 7.11 Å². The Labute approximate surface area is 120 Å². The standard InChI is InChI=1S/C15H13NO3S/c1-19-15(18)13(9-11-7-8-20-10-11)16-14(17)12-5-3-2-4-6-12/h2-10H,1H3,(H,16,17)/b13-9-. The average Bonchev–Trinajstić information content (AvgIpc) is 2.99. The van der Waals surface area contributed by atoms with Gasteiger partial charge in [0.15, 0.2) is 0 Å². The molecule has 0 radical (unpaired) electrons. The van der Waals surface area contributed by atoms with Crippen molar-refractivity contribution < 1.29 is 14.3 Å². The monoisotopic (exact) mass is 287 g/mol. The van der Waals surface area contributed by atoms with Crippen LogP contribution in [-0.2, 0) is 9.53 Å². The Hall–Kier alpha value is -2.40. The molecule has 0 aliphatic heterocycles. The minimum atomic E-state index is -0.583. The topological polar surface area (TPSA) is 55.4 Å². The molecule has 1 amide bonds. The number of methoxy groups -OCH3 is 1. The van der Waals surface area contributed by atoms with Crippen LogP contribution in [0.25, 0.3) is 6.08 Å². The van der Waals surface area contributed by atoms with Gasteiger partial charge in [-0.1, -0.05) is 18.2 Å². The lowest BCUT2D eigenvalue weighted by atomic mass is 10.2. The SMILES string of the molecule is COC(=O)/C(=C/c1ccsc1)NC(=O)c1ccccc1. The zero-order valence-electron chi connectivity index (χ0n) is 10.8. The van der Waals surface area contributed by atoms with Gasteiger partial charge in [-0.05, 0) is 40.6 Å². The number of amides is 1. The number of rotatable bonds is 4. The average molecular weight is 287 g/mol. The summed E-state index contributed by atoms with van der Waals surface area (Å²) in [4.78, 5) is 23.8. The first-order chi connectivity index (χ1) is 9.70. The van der Waals surface area contributed by atoms with Crippen LogP contribution in [-0.4, -0.2) is 19.0 Å². The third-order valence-electron chi connectivity index (χ3n) is 2.54. The summed E-state index contributed by atoms with van der Waals surface area (Å²) < 4.78 is 4.68. The Morgan fingerprint density at radius 2 is 1.95 bits per heavy atom. The zero-order chi connectivity index (χ0) is 14.4. The molecule has 102 valence electrons. The Balaban J connectivity index is 2.21. The zero-order valence-corrected chi connectivity index (χ0v) is 11.6. The minimum absolute atomic E-state index is 0.111. The molecule has 0 unspecified atom stereocenters. The number of carbonyl (C=O) groups is 2. The van der Waals surface area contributed by atoms with Crippen LogP contribution in [0.4, 0.5) is 0 Å². The number of esters is 1. The number of carbonyl (C=O) groups excluding carboxylic acids is 2. The first kappa shape index (κ1) is 14.0. The normalized spacial score (nSPS) is 10.9. The molecule has 5 heteroatoms. The summed E-state index contributed by atoms with van der Waals surface area (Å²) in [6, 6.07) is 10.5. The second-order valence-electron chi connectivity index (χ2n) is 3.93. The molecule has 1 heterocycles. The van der Waals surface area contributed by atoms with E-state index in [1.54, 1.807) is 30.3 Å². The second-order valence-corrected chi connectivity index (χ2v) is 4.71. The third kappa shape index (κ3) is 3.55. The van der Waals surface area contributed by atoms with Crippen molar-refractivity contribution in [2.45, 2.75) is 0 Å². The van der Waals surface area contributed by atoms with E-state index in [0.717, 1.165) is 5.56 Å². The van der Waals surface area contributed by atoms with Crippen LogP contribution >= 0.6 is 11.3 Å². The maximum Gasteiger partial charge on any atom is 0.354 e. The molecule has 0 bridgehead atoms. The Morgan fingerprint density at radius 3 is 2.55 bits per heavy atom. The number of thiophene rings is 1. The Kier molecular flexibility index (Phi) is 4.68. The molecule has 1 N–H and O–H groups in total. The maximum absolute atomic E-state index is 12.0. The highest BCUT2D eigenvalue weighted by molar-refractivity contribution is 7.08. The fraction of sp³-hybridized carbons (Fsp3) is 0.0667. The predicted molar refractivity (Wildman–Crippen MR) is 78.2 cm³/mol. The van der Waals surface area contributed by atoms with Crippen LogP contribution in [0.15, 0.2) is 52.9 Å². The van der Waals surface area contributed by atoms with Crippen molar-refractivity contribution in [1.82, 2.24) is 5.32 Å². The number of hydrogen-bond acceptors (Lipinski definition) is 4. The largest absolute Gasteiger partial charge is 0.464 e. The van der Waals surface area contributed by atoms with Crippen molar-refractivity contribution in [1.29, 1.82) is 0 Å². The Morgan fingerprint density at radius 1 is 1.20 bits per heavy atom. The van der Waals surface area contributed by atoms with E-state index in [2.05, 4.69) is 10.1 Å². The van der Waals surface area contributed by atoms with Crippen LogP contribution in [0.1, 0.15) is 15.9 Å². The molecule has 2 aromatic rings.